The first kappa shape index (κ1) is 16.3. The summed E-state index contributed by atoms with van der Waals surface area (Å²) in [4.78, 5) is 19.3. The third-order valence-corrected chi connectivity index (χ3v) is 5.55. The fourth-order valence-corrected chi connectivity index (χ4v) is 4.01. The molecule has 1 fully saturated rings. The first-order valence-electron chi connectivity index (χ1n) is 8.88. The molecule has 4 nitrogen and oxygen atoms in total. The highest BCUT2D eigenvalue weighted by Gasteiger charge is 2.44. The number of fused-ring (bicyclic) bond motifs is 1. The van der Waals surface area contributed by atoms with Crippen LogP contribution in [-0.4, -0.2) is 56.1 Å². The van der Waals surface area contributed by atoms with E-state index >= 15 is 0 Å². The van der Waals surface area contributed by atoms with Gasteiger partial charge in [-0.25, -0.2) is 4.79 Å². The van der Waals surface area contributed by atoms with Gasteiger partial charge in [0.15, 0.2) is 0 Å². The van der Waals surface area contributed by atoms with Crippen LogP contribution >= 0.6 is 0 Å². The van der Waals surface area contributed by atoms with Gasteiger partial charge in [0.25, 0.3) is 0 Å². The number of hydrogen-bond donors (Lipinski definition) is 0. The molecule has 1 unspecified atom stereocenters. The number of benzene rings is 1. The van der Waals surface area contributed by atoms with E-state index in [1.807, 2.05) is 9.80 Å². The Kier molecular flexibility index (Phi) is 4.62. The minimum absolute atomic E-state index is 0.0935. The van der Waals surface area contributed by atoms with Crippen molar-refractivity contribution in [2.75, 3.05) is 45.2 Å². The van der Waals surface area contributed by atoms with Gasteiger partial charge in [0.2, 0.25) is 0 Å². The summed E-state index contributed by atoms with van der Waals surface area (Å²) in [5.74, 6) is 0. The van der Waals surface area contributed by atoms with Crippen molar-refractivity contribution in [1.82, 2.24) is 9.80 Å². The lowest BCUT2D eigenvalue weighted by Gasteiger charge is -2.31. The van der Waals surface area contributed by atoms with E-state index in [1.165, 1.54) is 5.56 Å². The number of para-hydroxylation sites is 1. The summed E-state index contributed by atoms with van der Waals surface area (Å²) in [6.45, 7) is 5.96. The van der Waals surface area contributed by atoms with Gasteiger partial charge in [-0.3, -0.25) is 4.90 Å². The zero-order valence-corrected chi connectivity index (χ0v) is 14.7. The number of nitrogens with zero attached hydrogens (tertiary/aromatic N) is 3. The maximum absolute atomic E-state index is 13.0. The van der Waals surface area contributed by atoms with Crippen molar-refractivity contribution < 1.29 is 4.79 Å². The molecular weight excluding hydrogens is 286 g/mol. The topological polar surface area (TPSA) is 26.8 Å². The van der Waals surface area contributed by atoms with Crippen LogP contribution in [-0.2, 0) is 5.41 Å². The molecule has 2 heterocycles. The molecule has 2 amide bonds. The Hall–Kier alpha value is -1.55. The van der Waals surface area contributed by atoms with Gasteiger partial charge in [-0.1, -0.05) is 25.1 Å². The van der Waals surface area contributed by atoms with Crippen LogP contribution < -0.4 is 4.90 Å². The first-order valence-corrected chi connectivity index (χ1v) is 8.88. The van der Waals surface area contributed by atoms with Crippen molar-refractivity contribution in [2.24, 2.45) is 0 Å². The van der Waals surface area contributed by atoms with Crippen molar-refractivity contribution in [3.05, 3.63) is 29.8 Å². The quantitative estimate of drug-likeness (QED) is 0.852. The first-order chi connectivity index (χ1) is 11.1. The lowest BCUT2D eigenvalue weighted by atomic mass is 9.77. The van der Waals surface area contributed by atoms with Gasteiger partial charge < -0.3 is 9.80 Å². The molecule has 2 aliphatic rings. The largest absolute Gasteiger partial charge is 0.324 e. The molecule has 23 heavy (non-hydrogen) atoms. The van der Waals surface area contributed by atoms with Gasteiger partial charge in [0, 0.05) is 30.7 Å². The molecule has 0 spiro atoms. The average Bonchev–Trinajstić information content (AvgIpc) is 3.20. The van der Waals surface area contributed by atoms with Crippen LogP contribution in [0.5, 0.6) is 0 Å². The predicted octanol–water partition coefficient (Wildman–Crippen LogP) is 3.32. The number of likely N-dealkylation sites (tertiary alicyclic amines) is 1. The lowest BCUT2D eigenvalue weighted by molar-refractivity contribution is 0.213. The van der Waals surface area contributed by atoms with Crippen LogP contribution in [0.25, 0.3) is 0 Å². The maximum atomic E-state index is 13.0. The molecule has 1 aromatic rings. The predicted molar refractivity (Wildman–Crippen MR) is 95.1 cm³/mol. The molecule has 0 bridgehead atoms. The summed E-state index contributed by atoms with van der Waals surface area (Å²) < 4.78 is 0. The van der Waals surface area contributed by atoms with Gasteiger partial charge in [-0.2, -0.15) is 0 Å². The van der Waals surface area contributed by atoms with Crippen LogP contribution in [0.4, 0.5) is 10.5 Å². The summed E-state index contributed by atoms with van der Waals surface area (Å²) in [5, 5.41) is 0. The summed E-state index contributed by atoms with van der Waals surface area (Å²) in [5.41, 5.74) is 2.58. The summed E-state index contributed by atoms with van der Waals surface area (Å²) >= 11 is 0. The summed E-state index contributed by atoms with van der Waals surface area (Å²) in [7, 11) is 4.24. The number of carbonyl (C=O) groups is 1. The van der Waals surface area contributed by atoms with Crippen molar-refractivity contribution >= 4 is 11.7 Å². The zero-order valence-electron chi connectivity index (χ0n) is 14.7. The van der Waals surface area contributed by atoms with Gasteiger partial charge in [-0.15, -0.1) is 0 Å². The Labute approximate surface area is 140 Å². The Morgan fingerprint density at radius 2 is 1.91 bits per heavy atom. The van der Waals surface area contributed by atoms with Gasteiger partial charge in [0.05, 0.1) is 0 Å². The molecule has 0 radical (unpaired) electrons. The molecule has 126 valence electrons. The highest BCUT2D eigenvalue weighted by atomic mass is 16.2. The Bertz CT molecular complexity index is 565. The minimum atomic E-state index is 0.0935. The molecule has 1 saturated heterocycles. The Morgan fingerprint density at radius 3 is 2.57 bits per heavy atom. The lowest BCUT2D eigenvalue weighted by Crippen LogP contribution is -2.44. The molecule has 0 N–H and O–H groups in total. The van der Waals surface area contributed by atoms with Crippen molar-refractivity contribution in [3.8, 4) is 0 Å². The third kappa shape index (κ3) is 2.97. The van der Waals surface area contributed by atoms with Gasteiger partial charge in [-0.05, 0) is 58.0 Å². The van der Waals surface area contributed by atoms with E-state index < -0.39 is 0 Å². The Balaban J connectivity index is 1.90. The van der Waals surface area contributed by atoms with Crippen molar-refractivity contribution in [1.29, 1.82) is 0 Å². The van der Waals surface area contributed by atoms with E-state index in [0.29, 0.717) is 0 Å². The van der Waals surface area contributed by atoms with Crippen LogP contribution in [0.1, 0.15) is 38.2 Å². The van der Waals surface area contributed by atoms with Crippen molar-refractivity contribution in [3.63, 3.8) is 0 Å². The molecule has 0 saturated carbocycles. The molecule has 4 heteroatoms. The highest BCUT2D eigenvalue weighted by molar-refractivity contribution is 5.95. The highest BCUT2D eigenvalue weighted by Crippen LogP contribution is 2.45. The zero-order chi connectivity index (χ0) is 16.4. The standard InChI is InChI=1S/C19H29N3O/c1-4-19(11-14-20(2)3)15-22(17-10-6-5-9-16(17)19)18(23)21-12-7-8-13-21/h5-6,9-10H,4,7-8,11-15H2,1-3H3. The minimum Gasteiger partial charge on any atom is -0.324 e. The fraction of sp³-hybridized carbons (Fsp3) is 0.632. The molecule has 0 aromatic heterocycles. The summed E-state index contributed by atoms with van der Waals surface area (Å²) in [6.07, 6.45) is 4.44. The number of rotatable bonds is 4. The van der Waals surface area contributed by atoms with E-state index in [0.717, 1.165) is 57.5 Å². The van der Waals surface area contributed by atoms with E-state index in [1.54, 1.807) is 0 Å². The maximum Gasteiger partial charge on any atom is 0.324 e. The number of hydrogen-bond acceptors (Lipinski definition) is 2. The van der Waals surface area contributed by atoms with E-state index in [2.05, 4.69) is 50.2 Å². The molecule has 3 rings (SSSR count). The van der Waals surface area contributed by atoms with Gasteiger partial charge in [0.1, 0.15) is 0 Å². The van der Waals surface area contributed by atoms with E-state index in [-0.39, 0.29) is 11.4 Å². The van der Waals surface area contributed by atoms with E-state index in [4.69, 9.17) is 0 Å². The molecule has 1 atom stereocenters. The second-order valence-electron chi connectivity index (χ2n) is 7.27. The average molecular weight is 315 g/mol. The van der Waals surface area contributed by atoms with Crippen LogP contribution in [0.3, 0.4) is 0 Å². The number of amides is 2. The number of carbonyl (C=O) groups excluding carboxylic acids is 1. The number of urea groups is 1. The summed E-state index contributed by atoms with van der Waals surface area (Å²) in [6, 6.07) is 8.72. The van der Waals surface area contributed by atoms with E-state index in [9.17, 15) is 4.79 Å². The van der Waals surface area contributed by atoms with Crippen LogP contribution in [0.2, 0.25) is 0 Å². The SMILES string of the molecule is CCC1(CCN(C)C)CN(C(=O)N2CCCC2)c2ccccc21. The normalized spacial score (nSPS) is 23.7. The fourth-order valence-electron chi connectivity index (χ4n) is 4.01. The van der Waals surface area contributed by atoms with Crippen LogP contribution in [0.15, 0.2) is 24.3 Å². The van der Waals surface area contributed by atoms with Crippen LogP contribution in [0, 0.1) is 0 Å². The second-order valence-corrected chi connectivity index (χ2v) is 7.27. The van der Waals surface area contributed by atoms with Gasteiger partial charge >= 0.3 is 6.03 Å². The molecule has 0 aliphatic carbocycles. The number of anilines is 1. The third-order valence-electron chi connectivity index (χ3n) is 5.55. The monoisotopic (exact) mass is 315 g/mol. The second kappa shape index (κ2) is 6.52. The molecular formula is C19H29N3O. The molecule has 1 aromatic carbocycles. The Morgan fingerprint density at radius 1 is 1.22 bits per heavy atom. The molecule has 2 aliphatic heterocycles. The smallest absolute Gasteiger partial charge is 0.324 e. The van der Waals surface area contributed by atoms with Crippen molar-refractivity contribution in [2.45, 2.75) is 38.0 Å².